The number of nitrogens with zero attached hydrogens (tertiary/aromatic N) is 5. The van der Waals surface area contributed by atoms with E-state index in [9.17, 15) is 14.4 Å². The molecule has 0 spiro atoms. The van der Waals surface area contributed by atoms with Crippen molar-refractivity contribution in [1.82, 2.24) is 24.9 Å². The van der Waals surface area contributed by atoms with Gasteiger partial charge in [-0.05, 0) is 115 Å². The molecule has 0 atom stereocenters. The Hall–Kier alpha value is -9.48. The summed E-state index contributed by atoms with van der Waals surface area (Å²) in [5.74, 6) is -1.12. The third kappa shape index (κ3) is 26.0. The molecule has 0 saturated heterocycles. The Morgan fingerprint density at radius 3 is 1.24 bits per heavy atom. The van der Waals surface area contributed by atoms with Gasteiger partial charge >= 0.3 is 5.97 Å². The smallest absolute Gasteiger partial charge is 0.354 e. The number of aryl methyl sites for hydroxylation is 5. The van der Waals surface area contributed by atoms with Crippen molar-refractivity contribution in [3.05, 3.63) is 330 Å². The fourth-order valence-electron chi connectivity index (χ4n) is 9.91. The average molecular weight is 2030 g/mol. The molecule has 0 aliphatic heterocycles. The molecule has 0 saturated carbocycles. The SMILES string of the molecule is CC(=O)C=C(C)O.CC(=O)C=C(C)O.Cc1[c-]c(-c2ccc3ccccc3n2)cc(C)c1.Cc1c[c-]c(-c2nc3ccccc3cc2C)cc1.Cc1cc[c-]c(-c2ccc3ccccc3n2)c1.O=C(O)c1ccccn1.[Ir].[Ir].[Ir].[Ir].[c-]1cc2ccccc2cc1-c1ccc2ccccc2n1. The van der Waals surface area contributed by atoms with Crippen LogP contribution in [0, 0.1) is 58.9 Å². The van der Waals surface area contributed by atoms with Gasteiger partial charge in [-0.15, -0.1) is 135 Å². The number of aliphatic hydroxyl groups excluding tert-OH is 2. The number of carbonyl (C=O) groups excluding carboxylic acids is 2. The van der Waals surface area contributed by atoms with Gasteiger partial charge in [0, 0.05) is 98.8 Å². The van der Waals surface area contributed by atoms with Crippen LogP contribution in [0.3, 0.4) is 0 Å². The van der Waals surface area contributed by atoms with E-state index in [1.165, 1.54) is 101 Å². The van der Waals surface area contributed by atoms with Crippen LogP contribution in [0.2, 0.25) is 0 Å². The molecule has 0 aliphatic carbocycles. The molecule has 100 heavy (non-hydrogen) atoms. The Balaban J connectivity index is 0.000000254. The summed E-state index contributed by atoms with van der Waals surface area (Å²) in [7, 11) is 0. The predicted octanol–water partition coefficient (Wildman–Crippen LogP) is 20.3. The zero-order chi connectivity index (χ0) is 68.5. The number of carbonyl (C=O) groups is 3. The second-order valence-electron chi connectivity index (χ2n) is 22.6. The number of rotatable bonds is 7. The minimum atomic E-state index is -0.990. The predicted molar refractivity (Wildman–Crippen MR) is 391 cm³/mol. The van der Waals surface area contributed by atoms with Gasteiger partial charge in [0.15, 0.2) is 11.6 Å². The Labute approximate surface area is 639 Å². The fourth-order valence-corrected chi connectivity index (χ4v) is 9.91. The van der Waals surface area contributed by atoms with Crippen LogP contribution in [0.15, 0.2) is 273 Å². The van der Waals surface area contributed by atoms with E-state index >= 15 is 0 Å². The molecule has 14 aromatic rings. The maximum atomic E-state index is 10.1. The first kappa shape index (κ1) is 82.9. The molecule has 15 heteroatoms. The molecule has 9 aromatic carbocycles. The van der Waals surface area contributed by atoms with Crippen molar-refractivity contribution < 1.29 is 110 Å². The van der Waals surface area contributed by atoms with Crippen LogP contribution in [0.5, 0.6) is 0 Å². The van der Waals surface area contributed by atoms with Gasteiger partial charge in [-0.3, -0.25) is 29.5 Å². The minimum absolute atomic E-state index is 0. The number of carboxylic acid groups (broad SMARTS) is 1. The van der Waals surface area contributed by atoms with Crippen LogP contribution >= 0.6 is 0 Å². The molecule has 4 radical (unpaired) electrons. The molecule has 0 unspecified atom stereocenters. The number of aliphatic hydroxyl groups is 2. The normalized spacial score (nSPS) is 10.3. The zero-order valence-corrected chi connectivity index (χ0v) is 66.0. The first-order valence-electron chi connectivity index (χ1n) is 31.0. The Morgan fingerprint density at radius 2 is 0.810 bits per heavy atom. The molecule has 0 aliphatic rings. The number of benzene rings is 9. The van der Waals surface area contributed by atoms with Crippen LogP contribution in [0.25, 0.3) is 99.4 Å². The van der Waals surface area contributed by atoms with E-state index in [0.717, 1.165) is 78.0 Å². The minimum Gasteiger partial charge on any atom is -0.512 e. The van der Waals surface area contributed by atoms with Crippen LogP contribution in [0.4, 0.5) is 0 Å². The molecule has 0 bridgehead atoms. The van der Waals surface area contributed by atoms with Gasteiger partial charge in [-0.25, -0.2) is 9.78 Å². The summed E-state index contributed by atoms with van der Waals surface area (Å²) < 4.78 is 0. The van der Waals surface area contributed by atoms with E-state index in [-0.39, 0.29) is 109 Å². The Morgan fingerprint density at radius 1 is 0.370 bits per heavy atom. The molecule has 514 valence electrons. The number of hydrogen-bond acceptors (Lipinski definition) is 10. The van der Waals surface area contributed by atoms with Gasteiger partial charge in [0.2, 0.25) is 0 Å². The van der Waals surface area contributed by atoms with Gasteiger partial charge in [0.25, 0.3) is 0 Å². The van der Waals surface area contributed by atoms with Crippen molar-refractivity contribution in [3.63, 3.8) is 0 Å². The summed E-state index contributed by atoms with van der Waals surface area (Å²) in [5, 5.41) is 32.2. The first-order valence-corrected chi connectivity index (χ1v) is 31.0. The van der Waals surface area contributed by atoms with E-state index in [1.54, 1.807) is 12.1 Å². The number of pyridine rings is 5. The van der Waals surface area contributed by atoms with Crippen LogP contribution < -0.4 is 0 Å². The quantitative estimate of drug-likeness (QED) is 0.0786. The van der Waals surface area contributed by atoms with Crippen molar-refractivity contribution in [3.8, 4) is 45.0 Å². The van der Waals surface area contributed by atoms with Gasteiger partial charge in [0.1, 0.15) is 5.69 Å². The van der Waals surface area contributed by atoms with Gasteiger partial charge in [0.05, 0.1) is 33.6 Å². The molecular formula is C85H73Ir4N5O6-4. The molecule has 3 N–H and O–H groups in total. The third-order valence-electron chi connectivity index (χ3n) is 14.3. The van der Waals surface area contributed by atoms with E-state index in [1.807, 2.05) is 109 Å². The second kappa shape index (κ2) is 41.8. The van der Waals surface area contributed by atoms with E-state index in [0.29, 0.717) is 0 Å². The third-order valence-corrected chi connectivity index (χ3v) is 14.3. The maximum Gasteiger partial charge on any atom is 0.354 e. The van der Waals surface area contributed by atoms with Crippen molar-refractivity contribution in [1.29, 1.82) is 0 Å². The van der Waals surface area contributed by atoms with Gasteiger partial charge in [-0.2, -0.15) is 0 Å². The Kier molecular flexibility index (Phi) is 34.7. The number of carboxylic acids is 1. The summed E-state index contributed by atoms with van der Waals surface area (Å²) in [6.07, 6.45) is 3.78. The zero-order valence-electron chi connectivity index (χ0n) is 56.5. The molecule has 5 aromatic heterocycles. The number of fused-ring (bicyclic) bond motifs is 5. The van der Waals surface area contributed by atoms with Crippen molar-refractivity contribution in [2.24, 2.45) is 0 Å². The fraction of sp³-hybridized carbons (Fsp3) is 0.106. The summed E-state index contributed by atoms with van der Waals surface area (Å²) >= 11 is 0. The number of allylic oxidation sites excluding steroid dienone is 4. The number of para-hydroxylation sites is 4. The summed E-state index contributed by atoms with van der Waals surface area (Å²) in [6.45, 7) is 16.1. The topological polar surface area (TPSA) is 176 Å². The largest absolute Gasteiger partial charge is 0.512 e. The van der Waals surface area contributed by atoms with Crippen molar-refractivity contribution in [2.75, 3.05) is 0 Å². The molecular weight excluding hydrogens is 1960 g/mol. The second-order valence-corrected chi connectivity index (χ2v) is 22.6. The number of ketones is 2. The van der Waals surface area contributed by atoms with Gasteiger partial charge in [-0.1, -0.05) is 184 Å². The van der Waals surface area contributed by atoms with Crippen LogP contribution in [-0.4, -0.2) is 57.8 Å². The van der Waals surface area contributed by atoms with Crippen molar-refractivity contribution >= 4 is 71.9 Å². The first-order chi connectivity index (χ1) is 46.2. The maximum absolute atomic E-state index is 10.1. The molecule has 14 rings (SSSR count). The summed E-state index contributed by atoms with van der Waals surface area (Å²) in [6, 6.07) is 94.4. The molecule has 0 amide bonds. The van der Waals surface area contributed by atoms with E-state index in [2.05, 4.69) is 184 Å². The van der Waals surface area contributed by atoms with E-state index < -0.39 is 5.97 Å². The number of aromatic nitrogens is 5. The summed E-state index contributed by atoms with van der Waals surface area (Å²) in [5.41, 5.74) is 18.4. The number of hydrogen-bond donors (Lipinski definition) is 3. The van der Waals surface area contributed by atoms with E-state index in [4.69, 9.17) is 30.3 Å². The molecule has 11 nitrogen and oxygen atoms in total. The standard InChI is InChI=1S/C19H12N.2C17H14N.C16H12N.C6H5NO2.2C5H8O2.4Ir/c1-2-7-16-13-17(10-9-14(16)5-1)19-12-11-15-6-3-4-8-18(15)20-19;1-12-7-9-14(10-8-12)17-13(2)11-15-5-3-4-6-16(15)18-17;1-12-9-13(2)11-15(10-12)17-8-7-14-5-3-4-6-16(14)18-17;1-12-5-4-7-14(11-12)16-10-9-13-6-2-3-8-15(13)17-16;8-6(9)5-3-1-2-4-7-5;2*1-4(6)3-5(2)7;;;;/h1-9,11-13H;3-9,11H,1-2H3;3-10H,1-2H3;2-6,8-11H,1H3;1-4H,(H,8,9);2*3,6H,1-2H3;;;;/q4*-1;;;;;;;. The van der Waals surface area contributed by atoms with Crippen LogP contribution in [0.1, 0.15) is 66.0 Å². The van der Waals surface area contributed by atoms with Crippen LogP contribution in [-0.2, 0) is 90.0 Å². The monoisotopic (exact) mass is 2030 g/mol. The molecule has 5 heterocycles. The van der Waals surface area contributed by atoms with Gasteiger partial charge < -0.3 is 15.3 Å². The summed E-state index contributed by atoms with van der Waals surface area (Å²) in [4.78, 5) is 52.6. The number of aromatic carboxylic acids is 1. The average Bonchev–Trinajstić information content (AvgIpc) is 0.812. The van der Waals surface area contributed by atoms with Crippen molar-refractivity contribution in [2.45, 2.75) is 62.3 Å². The Bertz CT molecular complexity index is 4940. The molecule has 0 fully saturated rings.